The molecule has 0 amide bonds. The molecule has 2 aromatic rings. The van der Waals surface area contributed by atoms with Gasteiger partial charge in [-0.2, -0.15) is 0 Å². The van der Waals surface area contributed by atoms with E-state index in [1.807, 2.05) is 18.2 Å². The Labute approximate surface area is 113 Å². The SMILES string of the molecule is NCC(Oc1ccc(Br)c(F)c1)c1ccccn1. The first-order valence-electron chi connectivity index (χ1n) is 5.43. The van der Waals surface area contributed by atoms with E-state index in [0.717, 1.165) is 5.69 Å². The van der Waals surface area contributed by atoms with Crippen molar-refractivity contribution in [1.82, 2.24) is 4.98 Å². The number of aromatic nitrogens is 1. The Morgan fingerprint density at radius 3 is 2.78 bits per heavy atom. The number of hydrogen-bond donors (Lipinski definition) is 1. The van der Waals surface area contributed by atoms with Crippen molar-refractivity contribution in [3.8, 4) is 5.75 Å². The average Bonchev–Trinajstić information content (AvgIpc) is 2.41. The van der Waals surface area contributed by atoms with Gasteiger partial charge in [-0.15, -0.1) is 0 Å². The Bertz CT molecular complexity index is 522. The number of halogens is 2. The highest BCUT2D eigenvalue weighted by atomic mass is 79.9. The maximum Gasteiger partial charge on any atom is 0.153 e. The van der Waals surface area contributed by atoms with E-state index in [9.17, 15) is 4.39 Å². The molecule has 5 heteroatoms. The summed E-state index contributed by atoms with van der Waals surface area (Å²) >= 11 is 3.09. The summed E-state index contributed by atoms with van der Waals surface area (Å²) in [6.45, 7) is 0.273. The van der Waals surface area contributed by atoms with Crippen molar-refractivity contribution in [2.45, 2.75) is 6.10 Å². The fourth-order valence-corrected chi connectivity index (χ4v) is 1.76. The number of ether oxygens (including phenoxy) is 1. The lowest BCUT2D eigenvalue weighted by Gasteiger charge is -2.17. The molecular formula is C13H12BrFN2O. The van der Waals surface area contributed by atoms with Crippen LogP contribution in [-0.2, 0) is 0 Å². The molecule has 3 nitrogen and oxygen atoms in total. The average molecular weight is 311 g/mol. The number of rotatable bonds is 4. The predicted octanol–water partition coefficient (Wildman–Crippen LogP) is 3.06. The summed E-state index contributed by atoms with van der Waals surface area (Å²) in [5, 5.41) is 0. The maximum absolute atomic E-state index is 13.4. The van der Waals surface area contributed by atoms with E-state index in [4.69, 9.17) is 10.5 Å². The Hall–Kier alpha value is -1.46. The number of benzene rings is 1. The van der Waals surface area contributed by atoms with Crippen molar-refractivity contribution in [2.75, 3.05) is 6.54 Å². The van der Waals surface area contributed by atoms with Gasteiger partial charge >= 0.3 is 0 Å². The number of nitrogens with two attached hydrogens (primary N) is 1. The number of hydrogen-bond acceptors (Lipinski definition) is 3. The first-order valence-corrected chi connectivity index (χ1v) is 6.22. The zero-order valence-corrected chi connectivity index (χ0v) is 11.1. The largest absolute Gasteiger partial charge is 0.483 e. The summed E-state index contributed by atoms with van der Waals surface area (Å²) in [4.78, 5) is 4.18. The number of pyridine rings is 1. The number of nitrogens with zero attached hydrogens (tertiary/aromatic N) is 1. The molecule has 1 aromatic carbocycles. The van der Waals surface area contributed by atoms with E-state index in [-0.39, 0.29) is 18.5 Å². The quantitative estimate of drug-likeness (QED) is 0.944. The molecule has 0 spiro atoms. The molecule has 0 aliphatic rings. The fraction of sp³-hybridized carbons (Fsp3) is 0.154. The van der Waals surface area contributed by atoms with Gasteiger partial charge in [0.1, 0.15) is 11.6 Å². The minimum atomic E-state index is -0.383. The van der Waals surface area contributed by atoms with Crippen molar-refractivity contribution in [1.29, 1.82) is 0 Å². The van der Waals surface area contributed by atoms with Gasteiger partial charge in [-0.25, -0.2) is 4.39 Å². The zero-order chi connectivity index (χ0) is 13.0. The van der Waals surface area contributed by atoms with E-state index >= 15 is 0 Å². The molecule has 94 valence electrons. The highest BCUT2D eigenvalue weighted by Gasteiger charge is 2.13. The van der Waals surface area contributed by atoms with Gasteiger partial charge in [-0.1, -0.05) is 6.07 Å². The summed E-state index contributed by atoms with van der Waals surface area (Å²) in [6, 6.07) is 10.1. The summed E-state index contributed by atoms with van der Waals surface area (Å²) < 4.78 is 19.4. The second-order valence-electron chi connectivity index (χ2n) is 3.67. The Kier molecular flexibility index (Phi) is 4.28. The summed E-state index contributed by atoms with van der Waals surface area (Å²) in [5.74, 6) is 0.0566. The van der Waals surface area contributed by atoms with Crippen LogP contribution < -0.4 is 10.5 Å². The van der Waals surface area contributed by atoms with Gasteiger partial charge < -0.3 is 10.5 Å². The molecule has 0 saturated carbocycles. The van der Waals surface area contributed by atoms with Crippen LogP contribution in [0.4, 0.5) is 4.39 Å². The first kappa shape index (κ1) is 13.0. The molecule has 0 saturated heterocycles. The van der Waals surface area contributed by atoms with Crippen molar-refractivity contribution in [3.63, 3.8) is 0 Å². The third-order valence-corrected chi connectivity index (χ3v) is 3.04. The molecule has 0 radical (unpaired) electrons. The van der Waals surface area contributed by atoms with Crippen molar-refractivity contribution >= 4 is 15.9 Å². The first-order chi connectivity index (χ1) is 8.70. The lowest BCUT2D eigenvalue weighted by Crippen LogP contribution is -2.19. The molecule has 0 bridgehead atoms. The summed E-state index contributed by atoms with van der Waals surface area (Å²) in [7, 11) is 0. The van der Waals surface area contributed by atoms with Gasteiger partial charge in [0.25, 0.3) is 0 Å². The fourth-order valence-electron chi connectivity index (χ4n) is 1.51. The van der Waals surface area contributed by atoms with E-state index in [1.54, 1.807) is 18.3 Å². The molecule has 0 aliphatic carbocycles. The smallest absolute Gasteiger partial charge is 0.153 e. The van der Waals surface area contributed by atoms with Gasteiger partial charge in [-0.3, -0.25) is 4.98 Å². The van der Waals surface area contributed by atoms with Crippen molar-refractivity contribution < 1.29 is 9.13 Å². The normalized spacial score (nSPS) is 12.2. The minimum Gasteiger partial charge on any atom is -0.483 e. The monoisotopic (exact) mass is 310 g/mol. The van der Waals surface area contributed by atoms with Crippen LogP contribution >= 0.6 is 15.9 Å². The van der Waals surface area contributed by atoms with E-state index in [2.05, 4.69) is 20.9 Å². The predicted molar refractivity (Wildman–Crippen MR) is 70.8 cm³/mol. The Morgan fingerprint density at radius 1 is 1.33 bits per heavy atom. The molecule has 0 fully saturated rings. The van der Waals surface area contributed by atoms with Crippen molar-refractivity contribution in [2.24, 2.45) is 5.73 Å². The molecule has 0 aliphatic heterocycles. The van der Waals surface area contributed by atoms with Crippen LogP contribution in [-0.4, -0.2) is 11.5 Å². The van der Waals surface area contributed by atoms with Crippen LogP contribution in [0, 0.1) is 5.82 Å². The molecule has 2 N–H and O–H groups in total. The minimum absolute atomic E-state index is 0.273. The highest BCUT2D eigenvalue weighted by Crippen LogP contribution is 2.24. The van der Waals surface area contributed by atoms with Gasteiger partial charge in [0.05, 0.1) is 10.2 Å². The summed E-state index contributed by atoms with van der Waals surface area (Å²) in [5.41, 5.74) is 6.38. The van der Waals surface area contributed by atoms with Gasteiger partial charge in [0.2, 0.25) is 0 Å². The lowest BCUT2D eigenvalue weighted by atomic mass is 10.2. The molecule has 1 heterocycles. The zero-order valence-electron chi connectivity index (χ0n) is 9.51. The second kappa shape index (κ2) is 5.93. The van der Waals surface area contributed by atoms with E-state index < -0.39 is 0 Å². The molecule has 1 unspecified atom stereocenters. The maximum atomic E-state index is 13.4. The highest BCUT2D eigenvalue weighted by molar-refractivity contribution is 9.10. The van der Waals surface area contributed by atoms with Gasteiger partial charge in [0.15, 0.2) is 6.10 Å². The van der Waals surface area contributed by atoms with E-state index in [0.29, 0.717) is 10.2 Å². The molecular weight excluding hydrogens is 299 g/mol. The molecule has 18 heavy (non-hydrogen) atoms. The Morgan fingerprint density at radius 2 is 2.17 bits per heavy atom. The van der Waals surface area contributed by atoms with Crippen LogP contribution in [0.25, 0.3) is 0 Å². The Balaban J connectivity index is 2.18. The van der Waals surface area contributed by atoms with Crippen LogP contribution in [0.1, 0.15) is 11.8 Å². The van der Waals surface area contributed by atoms with Gasteiger partial charge in [0, 0.05) is 18.8 Å². The lowest BCUT2D eigenvalue weighted by molar-refractivity contribution is 0.208. The molecule has 2 rings (SSSR count). The topological polar surface area (TPSA) is 48.1 Å². The third kappa shape index (κ3) is 3.05. The van der Waals surface area contributed by atoms with Crippen LogP contribution in [0.15, 0.2) is 47.1 Å². The summed E-state index contributed by atoms with van der Waals surface area (Å²) in [6.07, 6.45) is 1.29. The van der Waals surface area contributed by atoms with E-state index in [1.165, 1.54) is 6.07 Å². The van der Waals surface area contributed by atoms with Crippen LogP contribution in [0.3, 0.4) is 0 Å². The van der Waals surface area contributed by atoms with Crippen molar-refractivity contribution in [3.05, 3.63) is 58.6 Å². The van der Waals surface area contributed by atoms with Crippen LogP contribution in [0.5, 0.6) is 5.75 Å². The third-order valence-electron chi connectivity index (χ3n) is 2.40. The van der Waals surface area contributed by atoms with Gasteiger partial charge in [-0.05, 0) is 40.2 Å². The standard InChI is InChI=1S/C13H12BrFN2O/c14-10-5-4-9(7-11(10)15)18-13(8-16)12-3-1-2-6-17-12/h1-7,13H,8,16H2. The molecule has 1 aromatic heterocycles. The van der Waals surface area contributed by atoms with Crippen LogP contribution in [0.2, 0.25) is 0 Å². The second-order valence-corrected chi connectivity index (χ2v) is 4.53. The molecule has 1 atom stereocenters.